The number of fused-ring (bicyclic) bond motifs is 2. The van der Waals surface area contributed by atoms with Crippen molar-refractivity contribution in [2.45, 2.75) is 51.1 Å². The van der Waals surface area contributed by atoms with Gasteiger partial charge in [0.15, 0.2) is 0 Å². The van der Waals surface area contributed by atoms with Crippen LogP contribution in [0.2, 0.25) is 0 Å². The van der Waals surface area contributed by atoms with E-state index in [1.165, 1.54) is 32.1 Å². The molecule has 1 aliphatic carbocycles. The Balaban J connectivity index is 1.32. The van der Waals surface area contributed by atoms with Crippen molar-refractivity contribution in [2.24, 2.45) is 5.92 Å². The Hall–Kier alpha value is -2.69. The van der Waals surface area contributed by atoms with Crippen LogP contribution in [0, 0.1) is 5.92 Å². The van der Waals surface area contributed by atoms with E-state index in [9.17, 15) is 4.79 Å². The Labute approximate surface area is 165 Å². The molecule has 0 radical (unpaired) electrons. The summed E-state index contributed by atoms with van der Waals surface area (Å²) in [5.41, 5.74) is 3.86. The van der Waals surface area contributed by atoms with Gasteiger partial charge in [-0.05, 0) is 61.4 Å². The zero-order valence-corrected chi connectivity index (χ0v) is 16.1. The van der Waals surface area contributed by atoms with Crippen LogP contribution < -0.4 is 0 Å². The maximum Gasteiger partial charge on any atom is 0.254 e. The van der Waals surface area contributed by atoms with Crippen LogP contribution in [-0.4, -0.2) is 38.4 Å². The number of aromatic nitrogens is 3. The van der Waals surface area contributed by atoms with Gasteiger partial charge in [0.05, 0.1) is 12.1 Å². The van der Waals surface area contributed by atoms with Crippen LogP contribution in [0.25, 0.3) is 11.0 Å². The molecule has 0 bridgehead atoms. The SMILES string of the molecule is O=C(c1ccc(Cn2nnc3ccccc32)cc1)N1CCCC2CCCCC21. The van der Waals surface area contributed by atoms with Gasteiger partial charge in [-0.1, -0.05) is 42.3 Å². The Morgan fingerprint density at radius 2 is 1.75 bits per heavy atom. The van der Waals surface area contributed by atoms with Crippen LogP contribution in [0.1, 0.15) is 54.4 Å². The standard InChI is InChI=1S/C23H26N4O/c28-23(26-15-5-7-18-6-1-3-9-21(18)26)19-13-11-17(12-14-19)16-27-22-10-4-2-8-20(22)24-25-27/h2,4,8,10-14,18,21H,1,3,5-7,9,15-16H2. The van der Waals surface area contributed by atoms with E-state index in [-0.39, 0.29) is 5.91 Å². The lowest BCUT2D eigenvalue weighted by Crippen LogP contribution is -2.49. The van der Waals surface area contributed by atoms with Crippen LogP contribution in [0.15, 0.2) is 48.5 Å². The van der Waals surface area contributed by atoms with E-state index < -0.39 is 0 Å². The molecule has 1 saturated heterocycles. The molecular weight excluding hydrogens is 348 g/mol. The van der Waals surface area contributed by atoms with Crippen LogP contribution in [0.3, 0.4) is 0 Å². The van der Waals surface area contributed by atoms with Crippen molar-refractivity contribution in [2.75, 3.05) is 6.54 Å². The number of hydrogen-bond acceptors (Lipinski definition) is 3. The molecule has 3 aromatic rings. The molecule has 5 heteroatoms. The first kappa shape index (κ1) is 17.4. The highest BCUT2D eigenvalue weighted by Crippen LogP contribution is 2.35. The lowest BCUT2D eigenvalue weighted by molar-refractivity contribution is 0.0390. The van der Waals surface area contributed by atoms with Gasteiger partial charge >= 0.3 is 0 Å². The Kier molecular flexibility index (Phi) is 4.59. The summed E-state index contributed by atoms with van der Waals surface area (Å²) in [5.74, 6) is 0.917. The van der Waals surface area contributed by atoms with Crippen molar-refractivity contribution >= 4 is 16.9 Å². The monoisotopic (exact) mass is 374 g/mol. The highest BCUT2D eigenvalue weighted by atomic mass is 16.2. The van der Waals surface area contributed by atoms with Crippen molar-refractivity contribution in [1.29, 1.82) is 0 Å². The molecule has 2 atom stereocenters. The van der Waals surface area contributed by atoms with Gasteiger partial charge in [0, 0.05) is 18.2 Å². The van der Waals surface area contributed by atoms with Gasteiger partial charge in [-0.15, -0.1) is 5.10 Å². The maximum atomic E-state index is 13.2. The smallest absolute Gasteiger partial charge is 0.254 e. The van der Waals surface area contributed by atoms with Gasteiger partial charge in [-0.25, -0.2) is 4.68 Å². The van der Waals surface area contributed by atoms with Crippen molar-refractivity contribution in [1.82, 2.24) is 19.9 Å². The number of carbonyl (C=O) groups excluding carboxylic acids is 1. The molecule has 2 aromatic carbocycles. The van der Waals surface area contributed by atoms with E-state index in [0.717, 1.165) is 35.1 Å². The molecule has 28 heavy (non-hydrogen) atoms. The lowest BCUT2D eigenvalue weighted by Gasteiger charge is -2.44. The molecule has 1 saturated carbocycles. The predicted octanol–water partition coefficient (Wildman–Crippen LogP) is 4.27. The van der Waals surface area contributed by atoms with E-state index in [0.29, 0.717) is 18.5 Å². The quantitative estimate of drug-likeness (QED) is 0.688. The number of amides is 1. The van der Waals surface area contributed by atoms with Crippen molar-refractivity contribution < 1.29 is 4.79 Å². The molecule has 1 aromatic heterocycles. The Morgan fingerprint density at radius 1 is 0.964 bits per heavy atom. The molecule has 144 valence electrons. The van der Waals surface area contributed by atoms with Gasteiger partial charge in [0.1, 0.15) is 5.52 Å². The summed E-state index contributed by atoms with van der Waals surface area (Å²) in [6, 6.07) is 16.5. The predicted molar refractivity (Wildman–Crippen MR) is 109 cm³/mol. The highest BCUT2D eigenvalue weighted by molar-refractivity contribution is 5.94. The average molecular weight is 374 g/mol. The Bertz CT molecular complexity index is 976. The summed E-state index contributed by atoms with van der Waals surface area (Å²) in [6.45, 7) is 1.57. The van der Waals surface area contributed by atoms with E-state index >= 15 is 0 Å². The number of carbonyl (C=O) groups is 1. The number of piperidine rings is 1. The zero-order valence-electron chi connectivity index (χ0n) is 16.1. The number of nitrogens with zero attached hydrogens (tertiary/aromatic N) is 4. The summed E-state index contributed by atoms with van der Waals surface area (Å²) >= 11 is 0. The second-order valence-corrected chi connectivity index (χ2v) is 8.19. The molecule has 2 aliphatic rings. The molecule has 0 spiro atoms. The average Bonchev–Trinajstić information content (AvgIpc) is 3.16. The van der Waals surface area contributed by atoms with Crippen molar-refractivity contribution in [3.05, 3.63) is 59.7 Å². The molecule has 1 aliphatic heterocycles. The van der Waals surface area contributed by atoms with Gasteiger partial charge in [0.2, 0.25) is 0 Å². The summed E-state index contributed by atoms with van der Waals surface area (Å²) < 4.78 is 1.91. The fourth-order valence-electron chi connectivity index (χ4n) is 5.00. The van der Waals surface area contributed by atoms with Gasteiger partial charge < -0.3 is 4.90 Å². The molecule has 0 N–H and O–H groups in total. The molecular formula is C23H26N4O. The van der Waals surface area contributed by atoms with Crippen molar-refractivity contribution in [3.8, 4) is 0 Å². The number of para-hydroxylation sites is 1. The topological polar surface area (TPSA) is 51.0 Å². The van der Waals surface area contributed by atoms with Crippen molar-refractivity contribution in [3.63, 3.8) is 0 Å². The zero-order chi connectivity index (χ0) is 18.9. The van der Waals surface area contributed by atoms with Gasteiger partial charge in [-0.3, -0.25) is 4.79 Å². The fraction of sp³-hybridized carbons (Fsp3) is 0.435. The van der Waals surface area contributed by atoms with Crippen LogP contribution >= 0.6 is 0 Å². The number of hydrogen-bond donors (Lipinski definition) is 0. The molecule has 5 rings (SSSR count). The largest absolute Gasteiger partial charge is 0.335 e. The minimum absolute atomic E-state index is 0.203. The first-order valence-electron chi connectivity index (χ1n) is 10.5. The molecule has 2 heterocycles. The maximum absolute atomic E-state index is 13.2. The third-order valence-electron chi connectivity index (χ3n) is 6.46. The van der Waals surface area contributed by atoms with E-state index in [1.54, 1.807) is 0 Å². The third kappa shape index (κ3) is 3.19. The van der Waals surface area contributed by atoms with Gasteiger partial charge in [0.25, 0.3) is 5.91 Å². The van der Waals surface area contributed by atoms with Crippen LogP contribution in [-0.2, 0) is 6.54 Å². The number of likely N-dealkylation sites (tertiary alicyclic amines) is 1. The number of benzene rings is 2. The summed E-state index contributed by atoms with van der Waals surface area (Å²) in [6.07, 6.45) is 7.49. The van der Waals surface area contributed by atoms with Gasteiger partial charge in [-0.2, -0.15) is 0 Å². The van der Waals surface area contributed by atoms with E-state index in [2.05, 4.69) is 15.2 Å². The Morgan fingerprint density at radius 3 is 2.64 bits per heavy atom. The van der Waals surface area contributed by atoms with Crippen LogP contribution in [0.5, 0.6) is 0 Å². The van der Waals surface area contributed by atoms with E-state index in [4.69, 9.17) is 0 Å². The van der Waals surface area contributed by atoms with E-state index in [1.807, 2.05) is 53.2 Å². The first-order chi connectivity index (χ1) is 13.8. The minimum atomic E-state index is 0.203. The normalized spacial score (nSPS) is 22.2. The second kappa shape index (κ2) is 7.38. The number of rotatable bonds is 3. The summed E-state index contributed by atoms with van der Waals surface area (Å²) in [5, 5.41) is 8.47. The molecule has 1 amide bonds. The first-order valence-corrected chi connectivity index (χ1v) is 10.5. The van der Waals surface area contributed by atoms with Crippen LogP contribution in [0.4, 0.5) is 0 Å². The third-order valence-corrected chi connectivity index (χ3v) is 6.46. The summed E-state index contributed by atoms with van der Waals surface area (Å²) in [4.78, 5) is 15.3. The fourth-order valence-corrected chi connectivity index (χ4v) is 5.00. The summed E-state index contributed by atoms with van der Waals surface area (Å²) in [7, 11) is 0. The highest BCUT2D eigenvalue weighted by Gasteiger charge is 2.35. The second-order valence-electron chi connectivity index (χ2n) is 8.19. The molecule has 5 nitrogen and oxygen atoms in total. The minimum Gasteiger partial charge on any atom is -0.335 e. The molecule has 2 fully saturated rings. The molecule has 2 unspecified atom stereocenters. The lowest BCUT2D eigenvalue weighted by atomic mass is 9.78.